The van der Waals surface area contributed by atoms with E-state index in [9.17, 15) is 0 Å². The largest absolute Gasteiger partial charge is 0.495 e. The first kappa shape index (κ1) is 16.7. The van der Waals surface area contributed by atoms with Crippen LogP contribution in [-0.2, 0) is 6.54 Å². The van der Waals surface area contributed by atoms with Crippen molar-refractivity contribution in [2.45, 2.75) is 6.54 Å². The van der Waals surface area contributed by atoms with Gasteiger partial charge in [-0.1, -0.05) is 30.3 Å². The fraction of sp³-hybridized carbons (Fsp3) is 0.286. The van der Waals surface area contributed by atoms with Gasteiger partial charge in [-0.3, -0.25) is 4.90 Å². The molecule has 1 aromatic heterocycles. The van der Waals surface area contributed by atoms with Gasteiger partial charge >= 0.3 is 0 Å². The summed E-state index contributed by atoms with van der Waals surface area (Å²) in [5.41, 5.74) is 3.16. The van der Waals surface area contributed by atoms with Crippen LogP contribution in [0.15, 0.2) is 65.3 Å². The Balaban J connectivity index is 1.36. The van der Waals surface area contributed by atoms with Crippen LogP contribution >= 0.6 is 0 Å². The van der Waals surface area contributed by atoms with Crippen LogP contribution in [0.1, 0.15) is 5.69 Å². The molecular weight excluding hydrogens is 326 g/mol. The number of nitrogens with zero attached hydrogens (tertiary/aromatic N) is 3. The minimum Gasteiger partial charge on any atom is -0.495 e. The Labute approximate surface area is 153 Å². The number of para-hydroxylation sites is 2. The molecule has 3 aromatic rings. The lowest BCUT2D eigenvalue weighted by Gasteiger charge is -2.36. The molecule has 0 atom stereocenters. The van der Waals surface area contributed by atoms with Gasteiger partial charge < -0.3 is 14.1 Å². The molecule has 5 nitrogen and oxygen atoms in total. The van der Waals surface area contributed by atoms with Gasteiger partial charge in [-0.25, -0.2) is 4.98 Å². The first-order valence-electron chi connectivity index (χ1n) is 8.93. The minimum atomic E-state index is 0.688. The second-order valence-corrected chi connectivity index (χ2v) is 6.45. The molecule has 1 saturated heterocycles. The maximum absolute atomic E-state index is 5.65. The van der Waals surface area contributed by atoms with Crippen LogP contribution in [-0.4, -0.2) is 43.2 Å². The highest BCUT2D eigenvalue weighted by atomic mass is 16.5. The Morgan fingerprint density at radius 2 is 1.69 bits per heavy atom. The molecule has 2 aromatic carbocycles. The molecule has 0 unspecified atom stereocenters. The van der Waals surface area contributed by atoms with Gasteiger partial charge in [0.15, 0.2) is 0 Å². The van der Waals surface area contributed by atoms with Gasteiger partial charge in [0.1, 0.15) is 12.0 Å². The Morgan fingerprint density at radius 3 is 2.46 bits per heavy atom. The third kappa shape index (κ3) is 3.58. The first-order chi connectivity index (χ1) is 12.8. The van der Waals surface area contributed by atoms with Crippen molar-refractivity contribution >= 4 is 5.69 Å². The lowest BCUT2D eigenvalue weighted by molar-refractivity contribution is 0.246. The second kappa shape index (κ2) is 7.62. The number of rotatable bonds is 5. The van der Waals surface area contributed by atoms with E-state index < -0.39 is 0 Å². The number of aromatic nitrogens is 1. The van der Waals surface area contributed by atoms with Crippen LogP contribution in [0.4, 0.5) is 5.69 Å². The van der Waals surface area contributed by atoms with E-state index in [1.54, 1.807) is 13.4 Å². The van der Waals surface area contributed by atoms with E-state index in [1.165, 1.54) is 5.69 Å². The lowest BCUT2D eigenvalue weighted by atomic mass is 10.2. The van der Waals surface area contributed by atoms with Crippen molar-refractivity contribution in [1.82, 2.24) is 9.88 Å². The molecule has 1 aliphatic heterocycles. The Morgan fingerprint density at radius 1 is 0.962 bits per heavy atom. The third-order valence-electron chi connectivity index (χ3n) is 4.76. The van der Waals surface area contributed by atoms with Gasteiger partial charge in [0, 0.05) is 38.3 Å². The molecule has 0 N–H and O–H groups in total. The SMILES string of the molecule is COc1ccccc1N1CCN(Cc2coc(-c3ccccc3)n2)CC1. The number of hydrogen-bond donors (Lipinski definition) is 0. The van der Waals surface area contributed by atoms with Gasteiger partial charge in [0.2, 0.25) is 5.89 Å². The summed E-state index contributed by atoms with van der Waals surface area (Å²) in [4.78, 5) is 9.43. The van der Waals surface area contributed by atoms with Crippen molar-refractivity contribution in [1.29, 1.82) is 0 Å². The van der Waals surface area contributed by atoms with Gasteiger partial charge in [0.25, 0.3) is 0 Å². The van der Waals surface area contributed by atoms with Gasteiger partial charge in [-0.2, -0.15) is 0 Å². The first-order valence-corrected chi connectivity index (χ1v) is 8.93. The maximum atomic E-state index is 5.65. The van der Waals surface area contributed by atoms with Crippen molar-refractivity contribution in [2.24, 2.45) is 0 Å². The number of piperazine rings is 1. The summed E-state index contributed by atoms with van der Waals surface area (Å²) >= 11 is 0. The zero-order valence-corrected chi connectivity index (χ0v) is 15.0. The van der Waals surface area contributed by atoms with Crippen LogP contribution < -0.4 is 9.64 Å². The molecule has 1 aliphatic rings. The summed E-state index contributed by atoms with van der Waals surface area (Å²) in [7, 11) is 1.73. The van der Waals surface area contributed by atoms with E-state index in [0.29, 0.717) is 5.89 Å². The van der Waals surface area contributed by atoms with Gasteiger partial charge in [-0.05, 0) is 24.3 Å². The molecule has 0 radical (unpaired) electrons. The number of benzene rings is 2. The molecule has 26 heavy (non-hydrogen) atoms. The van der Waals surface area contributed by atoms with Crippen molar-refractivity contribution < 1.29 is 9.15 Å². The van der Waals surface area contributed by atoms with Crippen LogP contribution in [0.2, 0.25) is 0 Å². The quantitative estimate of drug-likeness (QED) is 0.703. The highest BCUT2D eigenvalue weighted by Gasteiger charge is 2.20. The summed E-state index contributed by atoms with van der Waals surface area (Å²) in [5.74, 6) is 1.62. The summed E-state index contributed by atoms with van der Waals surface area (Å²) in [6.07, 6.45) is 1.77. The van der Waals surface area contributed by atoms with Gasteiger partial charge in [0.05, 0.1) is 18.5 Å². The molecule has 4 rings (SSSR count). The number of methoxy groups -OCH3 is 1. The lowest BCUT2D eigenvalue weighted by Crippen LogP contribution is -2.46. The van der Waals surface area contributed by atoms with E-state index in [4.69, 9.17) is 9.15 Å². The fourth-order valence-electron chi connectivity index (χ4n) is 3.36. The summed E-state index contributed by atoms with van der Waals surface area (Å²) < 4.78 is 11.1. The number of anilines is 1. The molecule has 0 spiro atoms. The predicted octanol–water partition coefficient (Wildman–Crippen LogP) is 3.67. The van der Waals surface area contributed by atoms with E-state index in [0.717, 1.165) is 49.7 Å². The average Bonchev–Trinajstić information content (AvgIpc) is 3.18. The third-order valence-corrected chi connectivity index (χ3v) is 4.76. The van der Waals surface area contributed by atoms with Crippen LogP contribution in [0.25, 0.3) is 11.5 Å². The monoisotopic (exact) mass is 349 g/mol. The Bertz CT molecular complexity index is 839. The van der Waals surface area contributed by atoms with Crippen LogP contribution in [0.3, 0.4) is 0 Å². The zero-order valence-electron chi connectivity index (χ0n) is 15.0. The van der Waals surface area contributed by atoms with E-state index in [-0.39, 0.29) is 0 Å². The molecule has 1 fully saturated rings. The Hall–Kier alpha value is -2.79. The number of ether oxygens (including phenoxy) is 1. The zero-order chi connectivity index (χ0) is 17.8. The molecule has 0 amide bonds. The normalized spacial score (nSPS) is 15.2. The molecule has 2 heterocycles. The second-order valence-electron chi connectivity index (χ2n) is 6.45. The van der Waals surface area contributed by atoms with Crippen LogP contribution in [0, 0.1) is 0 Å². The van der Waals surface area contributed by atoms with E-state index in [1.807, 2.05) is 42.5 Å². The standard InChI is InChI=1S/C21H23N3O2/c1-25-20-10-6-5-9-19(20)24-13-11-23(12-14-24)15-18-16-26-21(22-18)17-7-3-2-4-8-17/h2-10,16H,11-15H2,1H3. The average molecular weight is 349 g/mol. The van der Waals surface area contributed by atoms with Crippen molar-refractivity contribution in [2.75, 3.05) is 38.2 Å². The minimum absolute atomic E-state index is 0.688. The molecule has 134 valence electrons. The van der Waals surface area contributed by atoms with Crippen molar-refractivity contribution in [3.8, 4) is 17.2 Å². The topological polar surface area (TPSA) is 41.7 Å². The highest BCUT2D eigenvalue weighted by molar-refractivity contribution is 5.58. The number of oxazole rings is 1. The van der Waals surface area contributed by atoms with Gasteiger partial charge in [-0.15, -0.1) is 0 Å². The van der Waals surface area contributed by atoms with Crippen molar-refractivity contribution in [3.63, 3.8) is 0 Å². The summed E-state index contributed by atoms with van der Waals surface area (Å²) in [6, 6.07) is 18.2. The van der Waals surface area contributed by atoms with E-state index in [2.05, 4.69) is 26.9 Å². The fourth-order valence-corrected chi connectivity index (χ4v) is 3.36. The molecule has 5 heteroatoms. The highest BCUT2D eigenvalue weighted by Crippen LogP contribution is 2.28. The Kier molecular flexibility index (Phi) is 4.88. The molecule has 0 saturated carbocycles. The maximum Gasteiger partial charge on any atom is 0.226 e. The molecular formula is C21H23N3O2. The summed E-state index contributed by atoms with van der Waals surface area (Å²) in [5, 5.41) is 0. The predicted molar refractivity (Wildman–Crippen MR) is 102 cm³/mol. The molecule has 0 bridgehead atoms. The summed E-state index contributed by atoms with van der Waals surface area (Å²) in [6.45, 7) is 4.75. The van der Waals surface area contributed by atoms with Crippen molar-refractivity contribution in [3.05, 3.63) is 66.6 Å². The number of hydrogen-bond acceptors (Lipinski definition) is 5. The van der Waals surface area contributed by atoms with E-state index >= 15 is 0 Å². The molecule has 0 aliphatic carbocycles. The van der Waals surface area contributed by atoms with Crippen LogP contribution in [0.5, 0.6) is 5.75 Å². The smallest absolute Gasteiger partial charge is 0.226 e.